The first-order valence-corrected chi connectivity index (χ1v) is 4.88. The van der Waals surface area contributed by atoms with E-state index in [1.165, 1.54) is 11.5 Å². The van der Waals surface area contributed by atoms with Gasteiger partial charge in [0.1, 0.15) is 4.83 Å². The predicted molar refractivity (Wildman–Crippen MR) is 54.5 cm³/mol. The van der Waals surface area contributed by atoms with Gasteiger partial charge in [-0.05, 0) is 43.4 Å². The average molecular weight is 194 g/mol. The molecule has 0 spiro atoms. The van der Waals surface area contributed by atoms with Gasteiger partial charge in [-0.1, -0.05) is 0 Å². The average Bonchev–Trinajstić information content (AvgIpc) is 2.43. The lowest BCUT2D eigenvalue weighted by molar-refractivity contribution is 1.17. The second kappa shape index (κ2) is 2.67. The predicted octanol–water partition coefficient (Wildman–Crippen LogP) is 1.91. The van der Waals surface area contributed by atoms with Crippen LogP contribution in [0.15, 0.2) is 4.79 Å². The number of aryl methyl sites for hydroxylation is 2. The van der Waals surface area contributed by atoms with E-state index in [0.29, 0.717) is 0 Å². The van der Waals surface area contributed by atoms with E-state index in [1.54, 1.807) is 0 Å². The third-order valence-corrected chi connectivity index (χ3v) is 3.21. The minimum Gasteiger partial charge on any atom is -0.275 e. The Kier molecular flexibility index (Phi) is 1.73. The normalized spacial score (nSPS) is 11.0. The van der Waals surface area contributed by atoms with E-state index in [4.69, 9.17) is 0 Å². The van der Waals surface area contributed by atoms with Gasteiger partial charge in [0.15, 0.2) is 0 Å². The molecular weight excluding hydrogens is 184 g/mol. The fourth-order valence-electron chi connectivity index (χ4n) is 1.40. The van der Waals surface area contributed by atoms with Crippen LogP contribution in [-0.2, 0) is 0 Å². The lowest BCUT2D eigenvalue weighted by Crippen LogP contribution is -2.01. The Morgan fingerprint density at radius 2 is 1.92 bits per heavy atom. The van der Waals surface area contributed by atoms with E-state index >= 15 is 0 Å². The molecule has 68 valence electrons. The highest BCUT2D eigenvalue weighted by Gasteiger charge is 2.09. The fraction of sp³-hybridized carbons (Fsp3) is 0.333. The molecule has 1 N–H and O–H groups in total. The van der Waals surface area contributed by atoms with Gasteiger partial charge in [-0.25, -0.2) is 4.98 Å². The molecule has 2 aromatic rings. The standard InChI is InChI=1S/C9H10N2OS/c1-4-5(2)7-8(12)11-13-9(7)10-6(4)3/h1-3H3,(H,11,12). The molecule has 0 unspecified atom stereocenters. The summed E-state index contributed by atoms with van der Waals surface area (Å²) in [5, 5.41) is 0.744. The number of aromatic amines is 1. The summed E-state index contributed by atoms with van der Waals surface area (Å²) in [6.07, 6.45) is 0. The zero-order valence-corrected chi connectivity index (χ0v) is 8.58. The molecule has 2 aromatic heterocycles. The van der Waals surface area contributed by atoms with Gasteiger partial charge in [-0.15, -0.1) is 0 Å². The Balaban J connectivity index is 3.06. The molecule has 0 bridgehead atoms. The number of aromatic nitrogens is 2. The van der Waals surface area contributed by atoms with Crippen molar-refractivity contribution >= 4 is 21.7 Å². The maximum Gasteiger partial charge on any atom is 0.267 e. The van der Waals surface area contributed by atoms with Crippen molar-refractivity contribution in [1.29, 1.82) is 0 Å². The molecule has 0 saturated carbocycles. The molecule has 0 amide bonds. The molecule has 3 nitrogen and oxygen atoms in total. The second-order valence-corrected chi connectivity index (χ2v) is 3.96. The number of nitrogens with one attached hydrogen (secondary N) is 1. The lowest BCUT2D eigenvalue weighted by atomic mass is 10.1. The minimum atomic E-state index is -0.0203. The highest BCUT2D eigenvalue weighted by Crippen LogP contribution is 2.20. The molecule has 0 aliphatic rings. The van der Waals surface area contributed by atoms with E-state index in [0.717, 1.165) is 27.0 Å². The van der Waals surface area contributed by atoms with Crippen LogP contribution < -0.4 is 5.56 Å². The molecule has 0 aromatic carbocycles. The highest BCUT2D eigenvalue weighted by atomic mass is 32.1. The van der Waals surface area contributed by atoms with Crippen LogP contribution in [0.2, 0.25) is 0 Å². The lowest BCUT2D eigenvalue weighted by Gasteiger charge is -2.02. The topological polar surface area (TPSA) is 45.8 Å². The molecular formula is C9H10N2OS. The first kappa shape index (κ1) is 8.44. The first-order valence-electron chi connectivity index (χ1n) is 4.06. The van der Waals surface area contributed by atoms with Crippen molar-refractivity contribution in [2.75, 3.05) is 0 Å². The summed E-state index contributed by atoms with van der Waals surface area (Å²) in [4.78, 5) is 16.5. The van der Waals surface area contributed by atoms with Crippen molar-refractivity contribution in [2.24, 2.45) is 0 Å². The largest absolute Gasteiger partial charge is 0.275 e. The van der Waals surface area contributed by atoms with Crippen LogP contribution in [0.25, 0.3) is 10.2 Å². The summed E-state index contributed by atoms with van der Waals surface area (Å²) in [5.41, 5.74) is 3.13. The van der Waals surface area contributed by atoms with Crippen LogP contribution in [-0.4, -0.2) is 9.36 Å². The van der Waals surface area contributed by atoms with Crippen LogP contribution >= 0.6 is 11.5 Å². The van der Waals surface area contributed by atoms with E-state index in [2.05, 4.69) is 9.36 Å². The van der Waals surface area contributed by atoms with Crippen molar-refractivity contribution in [2.45, 2.75) is 20.8 Å². The van der Waals surface area contributed by atoms with Crippen molar-refractivity contribution in [3.63, 3.8) is 0 Å². The number of H-pyrrole nitrogens is 1. The molecule has 0 atom stereocenters. The SMILES string of the molecule is Cc1nc2s[nH]c(=O)c2c(C)c1C. The van der Waals surface area contributed by atoms with Gasteiger partial charge in [0.2, 0.25) is 0 Å². The van der Waals surface area contributed by atoms with Crippen LogP contribution in [0.1, 0.15) is 16.8 Å². The minimum absolute atomic E-state index is 0.0203. The Morgan fingerprint density at radius 3 is 2.62 bits per heavy atom. The number of pyridine rings is 1. The number of hydrogen-bond donors (Lipinski definition) is 1. The number of hydrogen-bond acceptors (Lipinski definition) is 3. The summed E-state index contributed by atoms with van der Waals surface area (Å²) in [7, 11) is 0. The molecule has 4 heteroatoms. The van der Waals surface area contributed by atoms with Gasteiger partial charge in [-0.2, -0.15) is 0 Å². The smallest absolute Gasteiger partial charge is 0.267 e. The van der Waals surface area contributed by atoms with Gasteiger partial charge in [-0.3, -0.25) is 9.17 Å². The van der Waals surface area contributed by atoms with Gasteiger partial charge in [0.05, 0.1) is 5.39 Å². The Hall–Kier alpha value is -1.16. The van der Waals surface area contributed by atoms with Crippen LogP contribution in [0.3, 0.4) is 0 Å². The molecule has 2 heterocycles. The van der Waals surface area contributed by atoms with Crippen LogP contribution in [0.4, 0.5) is 0 Å². The molecule has 0 aliphatic carbocycles. The number of fused-ring (bicyclic) bond motifs is 1. The molecule has 0 aliphatic heterocycles. The van der Waals surface area contributed by atoms with E-state index in [9.17, 15) is 4.79 Å². The van der Waals surface area contributed by atoms with E-state index in [1.807, 2.05) is 20.8 Å². The Labute approximate surface area is 79.6 Å². The Bertz CT molecular complexity index is 524. The zero-order chi connectivity index (χ0) is 9.59. The van der Waals surface area contributed by atoms with Crippen LogP contribution in [0, 0.1) is 20.8 Å². The molecule has 2 rings (SSSR count). The third-order valence-electron chi connectivity index (χ3n) is 2.43. The fourth-order valence-corrected chi connectivity index (χ4v) is 2.22. The summed E-state index contributed by atoms with van der Waals surface area (Å²) in [6.45, 7) is 5.93. The van der Waals surface area contributed by atoms with Gasteiger partial charge < -0.3 is 0 Å². The molecule has 13 heavy (non-hydrogen) atoms. The summed E-state index contributed by atoms with van der Waals surface area (Å²) >= 11 is 1.30. The van der Waals surface area contributed by atoms with Crippen molar-refractivity contribution in [1.82, 2.24) is 9.36 Å². The number of rotatable bonds is 0. The van der Waals surface area contributed by atoms with Gasteiger partial charge in [0.25, 0.3) is 5.56 Å². The summed E-state index contributed by atoms with van der Waals surface area (Å²) in [6, 6.07) is 0. The monoisotopic (exact) mass is 194 g/mol. The summed E-state index contributed by atoms with van der Waals surface area (Å²) in [5.74, 6) is 0. The first-order chi connectivity index (χ1) is 6.11. The van der Waals surface area contributed by atoms with Gasteiger partial charge in [0, 0.05) is 5.69 Å². The van der Waals surface area contributed by atoms with Crippen molar-refractivity contribution in [3.05, 3.63) is 27.2 Å². The quantitative estimate of drug-likeness (QED) is 0.696. The van der Waals surface area contributed by atoms with Gasteiger partial charge >= 0.3 is 0 Å². The molecule has 0 fully saturated rings. The maximum atomic E-state index is 11.4. The second-order valence-electron chi connectivity index (χ2n) is 3.16. The van der Waals surface area contributed by atoms with Crippen LogP contribution in [0.5, 0.6) is 0 Å². The zero-order valence-electron chi connectivity index (χ0n) is 7.76. The molecule has 0 radical (unpaired) electrons. The van der Waals surface area contributed by atoms with Crippen molar-refractivity contribution < 1.29 is 0 Å². The highest BCUT2D eigenvalue weighted by molar-refractivity contribution is 7.12. The van der Waals surface area contributed by atoms with E-state index < -0.39 is 0 Å². The number of nitrogens with zero attached hydrogens (tertiary/aromatic N) is 1. The van der Waals surface area contributed by atoms with Crippen molar-refractivity contribution in [3.8, 4) is 0 Å². The maximum absolute atomic E-state index is 11.4. The third kappa shape index (κ3) is 1.09. The van der Waals surface area contributed by atoms with E-state index in [-0.39, 0.29) is 5.56 Å². The molecule has 0 saturated heterocycles. The Morgan fingerprint density at radius 1 is 1.23 bits per heavy atom. The summed E-state index contributed by atoms with van der Waals surface area (Å²) < 4.78 is 2.70.